The molecule has 0 radical (unpaired) electrons. The fourth-order valence-corrected chi connectivity index (χ4v) is 6.18. The molecule has 2 aromatic rings. The van der Waals surface area contributed by atoms with Crippen molar-refractivity contribution in [2.75, 3.05) is 23.0 Å². The van der Waals surface area contributed by atoms with Gasteiger partial charge in [0.25, 0.3) is 11.8 Å². The molecule has 2 fully saturated rings. The number of aromatic nitrogens is 2. The summed E-state index contributed by atoms with van der Waals surface area (Å²) >= 11 is 0. The van der Waals surface area contributed by atoms with Crippen LogP contribution in [0.15, 0.2) is 24.5 Å². The Hall–Kier alpha value is -4.07. The Bertz CT molecular complexity index is 1410. The van der Waals surface area contributed by atoms with Gasteiger partial charge in [-0.2, -0.15) is 0 Å². The van der Waals surface area contributed by atoms with Crippen molar-refractivity contribution in [3.8, 4) is 11.8 Å². The summed E-state index contributed by atoms with van der Waals surface area (Å²) in [6, 6.07) is 2.81. The molecule has 4 heterocycles. The van der Waals surface area contributed by atoms with Crippen LogP contribution in [0.25, 0.3) is 0 Å². The lowest BCUT2D eigenvalue weighted by Crippen LogP contribution is -2.50. The molecule has 6 rings (SSSR count). The van der Waals surface area contributed by atoms with E-state index in [-0.39, 0.29) is 55.1 Å². The van der Waals surface area contributed by atoms with Gasteiger partial charge in [-0.15, -0.1) is 0 Å². The highest BCUT2D eigenvalue weighted by Crippen LogP contribution is 2.37. The minimum atomic E-state index is -0.539. The summed E-state index contributed by atoms with van der Waals surface area (Å²) in [6.45, 7) is 5.32. The number of nitrogens with two attached hydrogens (primary N) is 1. The number of carbonyl (C=O) groups is 3. The lowest BCUT2D eigenvalue weighted by Gasteiger charge is -2.39. The minimum Gasteiger partial charge on any atom is -0.466 e. The van der Waals surface area contributed by atoms with Crippen LogP contribution < -0.4 is 30.3 Å². The van der Waals surface area contributed by atoms with E-state index in [1.165, 1.54) is 12.1 Å². The maximum atomic E-state index is 13.6. The summed E-state index contributed by atoms with van der Waals surface area (Å²) in [5, 5.41) is 2.88. The lowest BCUT2D eigenvalue weighted by molar-refractivity contribution is -0.122. The minimum absolute atomic E-state index is 0.00217. The molecule has 0 aromatic carbocycles. The van der Waals surface area contributed by atoms with E-state index in [2.05, 4.69) is 15.3 Å². The van der Waals surface area contributed by atoms with Crippen LogP contribution in [-0.4, -0.2) is 70.9 Å². The highest BCUT2D eigenvalue weighted by molar-refractivity contribution is 5.98. The number of carbonyl (C=O) groups excluding carboxylic acids is 3. The standard InChI is InChI=1S/C18H24FN3O4.C13H16FN3O2/c1-18(2,3)26-17(24)21-12-4-6-13(7-5-12)22-14-8-11(19)9-20-16(14)25-10-15(22)23;14-8-5-11-13(16-6-8)19-7-12(18)17(11)10-3-1-9(15)2-4-10/h8-9,12-13H,4-7,10H2,1-3H3,(H,21,24);5-6,9-10H,1-4,7,15H2. The average Bonchev–Trinajstić information content (AvgIpc) is 2.98. The van der Waals surface area contributed by atoms with E-state index in [0.29, 0.717) is 42.9 Å². The van der Waals surface area contributed by atoms with Crippen LogP contribution in [0.3, 0.4) is 0 Å². The molecule has 45 heavy (non-hydrogen) atoms. The van der Waals surface area contributed by atoms with E-state index in [1.54, 1.807) is 9.80 Å². The van der Waals surface area contributed by atoms with Gasteiger partial charge in [0, 0.05) is 36.3 Å². The van der Waals surface area contributed by atoms with E-state index in [9.17, 15) is 23.2 Å². The second kappa shape index (κ2) is 13.5. The van der Waals surface area contributed by atoms with Crippen molar-refractivity contribution in [2.45, 2.75) is 102 Å². The zero-order valence-electron chi connectivity index (χ0n) is 25.8. The van der Waals surface area contributed by atoms with Crippen molar-refractivity contribution in [1.29, 1.82) is 0 Å². The Morgan fingerprint density at radius 3 is 1.73 bits per heavy atom. The molecular formula is C31H40F2N6O6. The number of fused-ring (bicyclic) bond motifs is 2. The molecule has 244 valence electrons. The van der Waals surface area contributed by atoms with Crippen molar-refractivity contribution in [2.24, 2.45) is 5.73 Å². The number of rotatable bonds is 3. The van der Waals surface area contributed by atoms with Gasteiger partial charge in [-0.3, -0.25) is 9.59 Å². The van der Waals surface area contributed by atoms with Gasteiger partial charge in [0.2, 0.25) is 11.8 Å². The Morgan fingerprint density at radius 2 is 1.29 bits per heavy atom. The zero-order chi connectivity index (χ0) is 32.3. The third-order valence-electron chi connectivity index (χ3n) is 8.21. The Morgan fingerprint density at radius 1 is 0.844 bits per heavy atom. The molecule has 2 aliphatic carbocycles. The molecule has 4 aliphatic rings. The first-order chi connectivity index (χ1) is 21.4. The summed E-state index contributed by atoms with van der Waals surface area (Å²) in [7, 11) is 0. The van der Waals surface area contributed by atoms with E-state index in [0.717, 1.165) is 38.1 Å². The van der Waals surface area contributed by atoms with Gasteiger partial charge < -0.3 is 35.1 Å². The predicted molar refractivity (Wildman–Crippen MR) is 160 cm³/mol. The second-order valence-corrected chi connectivity index (χ2v) is 12.8. The van der Waals surface area contributed by atoms with Gasteiger partial charge in [0.15, 0.2) is 13.2 Å². The molecule has 0 saturated heterocycles. The number of hydrogen-bond acceptors (Lipinski definition) is 9. The fraction of sp³-hybridized carbons (Fsp3) is 0.581. The number of halogens is 2. The number of anilines is 2. The third-order valence-corrected chi connectivity index (χ3v) is 8.21. The molecule has 0 unspecified atom stereocenters. The van der Waals surface area contributed by atoms with Gasteiger partial charge in [0.1, 0.15) is 28.6 Å². The van der Waals surface area contributed by atoms with Crippen LogP contribution >= 0.6 is 0 Å². The van der Waals surface area contributed by atoms with E-state index < -0.39 is 23.3 Å². The van der Waals surface area contributed by atoms with Crippen LogP contribution in [0, 0.1) is 11.6 Å². The van der Waals surface area contributed by atoms with Gasteiger partial charge >= 0.3 is 6.09 Å². The van der Waals surface area contributed by atoms with Gasteiger partial charge in [-0.05, 0) is 72.1 Å². The molecule has 3 amide bonds. The first-order valence-electron chi connectivity index (χ1n) is 15.3. The summed E-state index contributed by atoms with van der Waals surface area (Å²) in [5.41, 5.74) is 6.16. The normalized spacial score (nSPS) is 24.7. The fourth-order valence-electron chi connectivity index (χ4n) is 6.18. The van der Waals surface area contributed by atoms with Crippen LogP contribution in [0.5, 0.6) is 11.8 Å². The van der Waals surface area contributed by atoms with Gasteiger partial charge in [0.05, 0.1) is 12.4 Å². The third kappa shape index (κ3) is 7.96. The van der Waals surface area contributed by atoms with Crippen molar-refractivity contribution in [3.63, 3.8) is 0 Å². The van der Waals surface area contributed by atoms with Crippen LogP contribution in [0.2, 0.25) is 0 Å². The first kappa shape index (κ1) is 32.3. The quantitative estimate of drug-likeness (QED) is 0.513. The number of nitrogens with zero attached hydrogens (tertiary/aromatic N) is 4. The maximum Gasteiger partial charge on any atom is 0.407 e. The number of amides is 3. The van der Waals surface area contributed by atoms with E-state index >= 15 is 0 Å². The SMILES string of the molecule is CC(C)(C)OC(=O)NC1CCC(N2C(=O)COc3ncc(F)cc32)CC1.NC1CCC(N2C(=O)COc3ncc(F)cc32)CC1. The second-order valence-electron chi connectivity index (χ2n) is 12.8. The smallest absolute Gasteiger partial charge is 0.407 e. The molecule has 14 heteroatoms. The predicted octanol–water partition coefficient (Wildman–Crippen LogP) is 4.00. The molecule has 3 N–H and O–H groups in total. The van der Waals surface area contributed by atoms with Crippen molar-refractivity contribution < 1.29 is 37.4 Å². The van der Waals surface area contributed by atoms with Crippen LogP contribution in [-0.2, 0) is 14.3 Å². The Balaban J connectivity index is 0.000000186. The summed E-state index contributed by atoms with van der Waals surface area (Å²) in [5.74, 6) is -0.702. The zero-order valence-corrected chi connectivity index (χ0v) is 25.8. The number of pyridine rings is 2. The van der Waals surface area contributed by atoms with Crippen LogP contribution in [0.1, 0.15) is 72.1 Å². The molecular weight excluding hydrogens is 590 g/mol. The molecule has 2 aliphatic heterocycles. The molecule has 0 spiro atoms. The average molecular weight is 631 g/mol. The number of ether oxygens (including phenoxy) is 3. The van der Waals surface area contributed by atoms with Crippen molar-refractivity contribution in [3.05, 3.63) is 36.2 Å². The first-order valence-corrected chi connectivity index (χ1v) is 15.3. The Kier molecular flexibility index (Phi) is 9.70. The number of hydrogen-bond donors (Lipinski definition) is 2. The number of alkyl carbamates (subject to hydrolysis) is 1. The lowest BCUT2D eigenvalue weighted by atomic mass is 9.89. The number of nitrogens with one attached hydrogen (secondary N) is 1. The van der Waals surface area contributed by atoms with Gasteiger partial charge in [-0.1, -0.05) is 0 Å². The topological polar surface area (TPSA) is 149 Å². The summed E-state index contributed by atoms with van der Waals surface area (Å²) in [4.78, 5) is 47.4. The molecule has 0 atom stereocenters. The molecule has 0 bridgehead atoms. The Labute approximate surface area is 260 Å². The molecule has 2 saturated carbocycles. The van der Waals surface area contributed by atoms with Gasteiger partial charge in [-0.25, -0.2) is 23.5 Å². The highest BCUT2D eigenvalue weighted by atomic mass is 19.1. The van der Waals surface area contributed by atoms with E-state index in [4.69, 9.17) is 19.9 Å². The van der Waals surface area contributed by atoms with Crippen molar-refractivity contribution >= 4 is 29.3 Å². The molecule has 12 nitrogen and oxygen atoms in total. The maximum absolute atomic E-state index is 13.6. The highest BCUT2D eigenvalue weighted by Gasteiger charge is 2.37. The molecule has 2 aromatic heterocycles. The summed E-state index contributed by atoms with van der Waals surface area (Å²) in [6.07, 6.45) is 8.01. The summed E-state index contributed by atoms with van der Waals surface area (Å²) < 4.78 is 42.7. The monoisotopic (exact) mass is 630 g/mol. The van der Waals surface area contributed by atoms with Crippen LogP contribution in [0.4, 0.5) is 25.0 Å². The van der Waals surface area contributed by atoms with E-state index in [1.807, 2.05) is 20.8 Å². The largest absolute Gasteiger partial charge is 0.466 e. The van der Waals surface area contributed by atoms with Crippen molar-refractivity contribution in [1.82, 2.24) is 15.3 Å².